The van der Waals surface area contributed by atoms with Crippen LogP contribution in [0.15, 0.2) is 57.4 Å². The van der Waals surface area contributed by atoms with Gasteiger partial charge in [0.25, 0.3) is 5.56 Å². The minimum atomic E-state index is -1.02. The van der Waals surface area contributed by atoms with Crippen molar-refractivity contribution in [2.24, 2.45) is 0 Å². The van der Waals surface area contributed by atoms with Gasteiger partial charge in [-0.2, -0.15) is 0 Å². The lowest BCUT2D eigenvalue weighted by Crippen LogP contribution is -2.40. The van der Waals surface area contributed by atoms with Gasteiger partial charge in [-0.25, -0.2) is 26.9 Å². The van der Waals surface area contributed by atoms with Crippen LogP contribution in [0.4, 0.5) is 23.2 Å². The number of aromatic nitrogens is 2. The number of hydrogen-bond donors (Lipinski definition) is 1. The smallest absolute Gasteiger partial charge is 0.322 e. The van der Waals surface area contributed by atoms with Crippen LogP contribution in [-0.2, 0) is 11.3 Å². The number of halogens is 4. The van der Waals surface area contributed by atoms with Crippen molar-refractivity contribution >= 4 is 33.1 Å². The number of anilines is 1. The molecule has 0 spiro atoms. The van der Waals surface area contributed by atoms with Gasteiger partial charge in [-0.3, -0.25) is 14.2 Å². The predicted molar refractivity (Wildman–Crippen MR) is 107 cm³/mol. The number of amides is 1. The molecule has 158 valence electrons. The third kappa shape index (κ3) is 3.87. The summed E-state index contributed by atoms with van der Waals surface area (Å²) in [5.41, 5.74) is -2.34. The molecule has 11 heteroatoms. The van der Waals surface area contributed by atoms with E-state index >= 15 is 0 Å². The van der Waals surface area contributed by atoms with Crippen molar-refractivity contribution in [2.45, 2.75) is 6.54 Å². The fourth-order valence-electron chi connectivity index (χ4n) is 3.06. The molecular formula is C20H11F4N3O3S. The van der Waals surface area contributed by atoms with E-state index in [0.29, 0.717) is 16.7 Å². The van der Waals surface area contributed by atoms with Gasteiger partial charge in [0.05, 0.1) is 16.9 Å². The van der Waals surface area contributed by atoms with Gasteiger partial charge in [0.1, 0.15) is 34.5 Å². The lowest BCUT2D eigenvalue weighted by molar-refractivity contribution is -0.116. The summed E-state index contributed by atoms with van der Waals surface area (Å²) in [4.78, 5) is 38.2. The van der Waals surface area contributed by atoms with Crippen LogP contribution in [0, 0.1) is 23.3 Å². The molecule has 4 aromatic rings. The molecule has 0 saturated carbocycles. The number of hydrogen-bond acceptors (Lipinski definition) is 4. The molecule has 2 heterocycles. The van der Waals surface area contributed by atoms with Gasteiger partial charge in [-0.05, 0) is 35.7 Å². The first-order valence-corrected chi connectivity index (χ1v) is 9.57. The summed E-state index contributed by atoms with van der Waals surface area (Å²) in [6, 6.07) is 6.18. The van der Waals surface area contributed by atoms with Crippen molar-refractivity contribution in [3.63, 3.8) is 0 Å². The molecule has 0 aliphatic carbocycles. The molecule has 0 bridgehead atoms. The number of carbonyl (C=O) groups is 1. The van der Waals surface area contributed by atoms with Crippen molar-refractivity contribution in [3.8, 4) is 5.69 Å². The minimum Gasteiger partial charge on any atom is -0.322 e. The van der Waals surface area contributed by atoms with Gasteiger partial charge >= 0.3 is 5.69 Å². The number of benzene rings is 2. The highest BCUT2D eigenvalue weighted by molar-refractivity contribution is 7.17. The molecule has 31 heavy (non-hydrogen) atoms. The maximum atomic E-state index is 13.8. The largest absolute Gasteiger partial charge is 0.336 e. The van der Waals surface area contributed by atoms with Crippen LogP contribution in [0.2, 0.25) is 0 Å². The van der Waals surface area contributed by atoms with E-state index in [-0.39, 0.29) is 21.6 Å². The second-order valence-electron chi connectivity index (χ2n) is 6.44. The normalized spacial score (nSPS) is 11.1. The van der Waals surface area contributed by atoms with Crippen molar-refractivity contribution in [2.75, 3.05) is 5.32 Å². The third-order valence-corrected chi connectivity index (χ3v) is 5.26. The van der Waals surface area contributed by atoms with Crippen LogP contribution in [0.3, 0.4) is 0 Å². The predicted octanol–water partition coefficient (Wildman–Crippen LogP) is 3.41. The zero-order chi connectivity index (χ0) is 22.3. The third-order valence-electron chi connectivity index (χ3n) is 4.37. The average Bonchev–Trinajstić information content (AvgIpc) is 3.17. The Hall–Kier alpha value is -3.73. The standard InChI is InChI=1S/C20H11F4N3O3S/c21-10-1-2-15(14(24)8-10)25-17(28)9-26-16-3-4-31-18(16)19(29)27(20(26)30)13-6-11(22)5-12(23)7-13/h1-8H,9H2,(H,25,28). The Morgan fingerprint density at radius 3 is 2.32 bits per heavy atom. The minimum absolute atomic E-state index is 0.0741. The van der Waals surface area contributed by atoms with Crippen molar-refractivity contribution in [1.82, 2.24) is 9.13 Å². The summed E-state index contributed by atoms with van der Waals surface area (Å²) in [6.45, 7) is -0.638. The fraction of sp³-hybridized carbons (Fsp3) is 0.0500. The zero-order valence-corrected chi connectivity index (χ0v) is 16.2. The van der Waals surface area contributed by atoms with Crippen LogP contribution < -0.4 is 16.6 Å². The Kier molecular flexibility index (Phi) is 5.19. The highest BCUT2D eigenvalue weighted by Crippen LogP contribution is 2.18. The molecule has 0 saturated heterocycles. The lowest BCUT2D eigenvalue weighted by atomic mass is 10.3. The monoisotopic (exact) mass is 449 g/mol. The SMILES string of the molecule is O=C(Cn1c(=O)n(-c2cc(F)cc(F)c2)c(=O)c2sccc21)Nc1ccc(F)cc1F. The highest BCUT2D eigenvalue weighted by Gasteiger charge is 2.19. The van der Waals surface area contributed by atoms with Gasteiger partial charge in [0.15, 0.2) is 0 Å². The van der Waals surface area contributed by atoms with Crippen LogP contribution in [0.5, 0.6) is 0 Å². The van der Waals surface area contributed by atoms with Crippen LogP contribution >= 0.6 is 11.3 Å². The summed E-state index contributed by atoms with van der Waals surface area (Å²) in [7, 11) is 0. The first kappa shape index (κ1) is 20.5. The molecule has 2 aromatic heterocycles. The molecule has 1 N–H and O–H groups in total. The molecule has 0 radical (unpaired) electrons. The van der Waals surface area contributed by atoms with E-state index in [2.05, 4.69) is 5.32 Å². The van der Waals surface area contributed by atoms with E-state index in [4.69, 9.17) is 0 Å². The van der Waals surface area contributed by atoms with Crippen molar-refractivity contribution in [3.05, 3.63) is 92.0 Å². The maximum absolute atomic E-state index is 13.8. The molecule has 6 nitrogen and oxygen atoms in total. The van der Waals surface area contributed by atoms with Crippen LogP contribution in [0.25, 0.3) is 15.9 Å². The number of nitrogens with one attached hydrogen (secondary N) is 1. The molecule has 0 aliphatic rings. The molecule has 0 unspecified atom stereocenters. The molecule has 0 aliphatic heterocycles. The highest BCUT2D eigenvalue weighted by atomic mass is 32.1. The number of fused-ring (bicyclic) bond motifs is 1. The van der Waals surface area contributed by atoms with Gasteiger partial charge in [0.2, 0.25) is 5.91 Å². The summed E-state index contributed by atoms with van der Waals surface area (Å²) < 4.78 is 55.7. The second-order valence-corrected chi connectivity index (χ2v) is 7.36. The molecule has 0 fully saturated rings. The Morgan fingerprint density at radius 2 is 1.65 bits per heavy atom. The van der Waals surface area contributed by atoms with Crippen molar-refractivity contribution < 1.29 is 22.4 Å². The first-order chi connectivity index (χ1) is 14.7. The number of carbonyl (C=O) groups excluding carboxylic acids is 1. The number of rotatable bonds is 4. The quantitative estimate of drug-likeness (QED) is 0.486. The Labute approximate surface area is 174 Å². The second kappa shape index (κ2) is 7.84. The van der Waals surface area contributed by atoms with E-state index in [0.717, 1.165) is 40.2 Å². The van der Waals surface area contributed by atoms with E-state index in [1.165, 1.54) is 11.4 Å². The fourth-order valence-corrected chi connectivity index (χ4v) is 3.88. The van der Waals surface area contributed by atoms with E-state index in [1.807, 2.05) is 0 Å². The van der Waals surface area contributed by atoms with Crippen molar-refractivity contribution in [1.29, 1.82) is 0 Å². The molecule has 1 amide bonds. The van der Waals surface area contributed by atoms with E-state index in [9.17, 15) is 31.9 Å². The van der Waals surface area contributed by atoms with Crippen LogP contribution in [0.1, 0.15) is 0 Å². The molecular weight excluding hydrogens is 438 g/mol. The van der Waals surface area contributed by atoms with E-state index < -0.39 is 47.0 Å². The Balaban J connectivity index is 1.81. The van der Waals surface area contributed by atoms with Gasteiger partial charge in [-0.15, -0.1) is 11.3 Å². The summed E-state index contributed by atoms with van der Waals surface area (Å²) in [5.74, 6) is -4.68. The molecule has 0 atom stereocenters. The molecule has 2 aromatic carbocycles. The number of thiophene rings is 1. The average molecular weight is 449 g/mol. The lowest BCUT2D eigenvalue weighted by Gasteiger charge is -2.13. The Morgan fingerprint density at radius 1 is 0.935 bits per heavy atom. The number of nitrogens with zero attached hydrogens (tertiary/aromatic N) is 2. The topological polar surface area (TPSA) is 73.1 Å². The van der Waals surface area contributed by atoms with Crippen LogP contribution in [-0.4, -0.2) is 15.0 Å². The Bertz CT molecular complexity index is 1440. The first-order valence-electron chi connectivity index (χ1n) is 8.69. The van der Waals surface area contributed by atoms with Gasteiger partial charge in [-0.1, -0.05) is 0 Å². The van der Waals surface area contributed by atoms with E-state index in [1.54, 1.807) is 0 Å². The summed E-state index contributed by atoms with van der Waals surface area (Å²) >= 11 is 0.975. The van der Waals surface area contributed by atoms with Gasteiger partial charge < -0.3 is 5.32 Å². The van der Waals surface area contributed by atoms with Gasteiger partial charge in [0, 0.05) is 12.1 Å². The maximum Gasteiger partial charge on any atom is 0.336 e. The summed E-state index contributed by atoms with van der Waals surface area (Å²) in [6.07, 6.45) is 0. The molecule has 4 rings (SSSR count). The zero-order valence-electron chi connectivity index (χ0n) is 15.4. The summed E-state index contributed by atoms with van der Waals surface area (Å²) in [5, 5.41) is 3.73.